The lowest BCUT2D eigenvalue weighted by atomic mass is 9.89. The smallest absolute Gasteiger partial charge is 0.271 e. The van der Waals surface area contributed by atoms with Crippen LogP contribution in [0.1, 0.15) is 46.4 Å². The van der Waals surface area contributed by atoms with E-state index in [2.05, 4.69) is 20.3 Å². The molecule has 4 rings (SSSR count). The largest absolute Gasteiger partial charge is 0.361 e. The Morgan fingerprint density at radius 2 is 2.17 bits per heavy atom. The fraction of sp³-hybridized carbons (Fsp3) is 0.450. The Labute approximate surface area is 169 Å². The van der Waals surface area contributed by atoms with E-state index in [0.717, 1.165) is 47.7 Å². The molecule has 3 aromatic rings. The minimum Gasteiger partial charge on any atom is -0.361 e. The molecular weight excluding hydrogens is 370 g/mol. The normalized spacial score (nSPS) is 16.8. The number of aromatic amines is 1. The Kier molecular flexibility index (Phi) is 5.04. The van der Waals surface area contributed by atoms with E-state index in [0.29, 0.717) is 18.2 Å². The number of piperidine rings is 1. The van der Waals surface area contributed by atoms with Crippen molar-refractivity contribution < 1.29 is 9.32 Å². The predicted molar refractivity (Wildman–Crippen MR) is 108 cm³/mol. The summed E-state index contributed by atoms with van der Waals surface area (Å²) in [4.78, 5) is 26.0. The molecule has 9 nitrogen and oxygen atoms in total. The van der Waals surface area contributed by atoms with Gasteiger partial charge < -0.3 is 14.3 Å². The Hall–Kier alpha value is -3.23. The van der Waals surface area contributed by atoms with Crippen LogP contribution in [0, 0.1) is 13.8 Å². The maximum absolute atomic E-state index is 12.8. The van der Waals surface area contributed by atoms with Crippen LogP contribution in [0.15, 0.2) is 23.0 Å². The number of aromatic nitrogens is 5. The van der Waals surface area contributed by atoms with Crippen molar-refractivity contribution in [1.82, 2.24) is 30.2 Å². The van der Waals surface area contributed by atoms with Crippen LogP contribution in [0.4, 0.5) is 5.95 Å². The molecule has 1 fully saturated rings. The zero-order valence-electron chi connectivity index (χ0n) is 17.1. The van der Waals surface area contributed by atoms with E-state index >= 15 is 0 Å². The summed E-state index contributed by atoms with van der Waals surface area (Å²) in [6, 6.07) is 1.70. The third kappa shape index (κ3) is 3.59. The van der Waals surface area contributed by atoms with Gasteiger partial charge in [-0.15, -0.1) is 0 Å². The molecule has 0 saturated carbocycles. The van der Waals surface area contributed by atoms with E-state index in [1.165, 1.54) is 0 Å². The molecule has 1 unspecified atom stereocenters. The van der Waals surface area contributed by atoms with Crippen molar-refractivity contribution in [2.75, 3.05) is 32.1 Å². The van der Waals surface area contributed by atoms with Gasteiger partial charge in [-0.1, -0.05) is 5.16 Å². The van der Waals surface area contributed by atoms with Crippen molar-refractivity contribution in [3.8, 4) is 11.1 Å². The molecule has 3 aromatic heterocycles. The number of nitrogens with one attached hydrogen (secondary N) is 1. The standard InChI is InChI=1S/C20H25N7O2/c1-12-17(13(2)29-25-12)15-10-21-20(26(3)4)23-18(15)14-6-5-9-27(11-14)19(28)16-7-8-22-24-16/h7-8,10,14H,5-6,9,11H2,1-4H3,(H,22,24). The second-order valence-corrected chi connectivity index (χ2v) is 7.62. The molecule has 152 valence electrons. The number of hydrogen-bond acceptors (Lipinski definition) is 7. The van der Waals surface area contributed by atoms with Crippen molar-refractivity contribution in [1.29, 1.82) is 0 Å². The average Bonchev–Trinajstić information content (AvgIpc) is 3.37. The quantitative estimate of drug-likeness (QED) is 0.724. The molecule has 9 heteroatoms. The number of rotatable bonds is 4. The second-order valence-electron chi connectivity index (χ2n) is 7.62. The van der Waals surface area contributed by atoms with Crippen LogP contribution in [0.5, 0.6) is 0 Å². The molecule has 1 atom stereocenters. The van der Waals surface area contributed by atoms with Crippen LogP contribution in [-0.2, 0) is 0 Å². The molecule has 1 aliphatic heterocycles. The molecule has 0 aliphatic carbocycles. The number of carbonyl (C=O) groups is 1. The second kappa shape index (κ2) is 7.65. The maximum atomic E-state index is 12.8. The molecule has 1 saturated heterocycles. The third-order valence-corrected chi connectivity index (χ3v) is 5.33. The van der Waals surface area contributed by atoms with E-state index < -0.39 is 0 Å². The van der Waals surface area contributed by atoms with Gasteiger partial charge in [0.05, 0.1) is 17.0 Å². The van der Waals surface area contributed by atoms with E-state index in [-0.39, 0.29) is 11.8 Å². The van der Waals surface area contributed by atoms with Gasteiger partial charge in [0.25, 0.3) is 5.91 Å². The fourth-order valence-corrected chi connectivity index (χ4v) is 3.90. The number of H-pyrrole nitrogens is 1. The van der Waals surface area contributed by atoms with E-state index in [1.807, 2.05) is 43.9 Å². The number of anilines is 1. The highest BCUT2D eigenvalue weighted by Gasteiger charge is 2.30. The lowest BCUT2D eigenvalue weighted by Crippen LogP contribution is -2.39. The van der Waals surface area contributed by atoms with Crippen LogP contribution >= 0.6 is 0 Å². The molecule has 29 heavy (non-hydrogen) atoms. The summed E-state index contributed by atoms with van der Waals surface area (Å²) >= 11 is 0. The van der Waals surface area contributed by atoms with Crippen molar-refractivity contribution >= 4 is 11.9 Å². The number of hydrogen-bond donors (Lipinski definition) is 1. The van der Waals surface area contributed by atoms with Gasteiger partial charge in [0.1, 0.15) is 11.5 Å². The van der Waals surface area contributed by atoms with Crippen LogP contribution in [0.2, 0.25) is 0 Å². The van der Waals surface area contributed by atoms with Gasteiger partial charge in [-0.25, -0.2) is 9.97 Å². The Morgan fingerprint density at radius 3 is 2.83 bits per heavy atom. The van der Waals surface area contributed by atoms with Gasteiger partial charge in [-0.05, 0) is 32.8 Å². The molecule has 1 N–H and O–H groups in total. The molecule has 1 amide bonds. The summed E-state index contributed by atoms with van der Waals surface area (Å²) in [7, 11) is 3.84. The lowest BCUT2D eigenvalue weighted by Gasteiger charge is -2.33. The first kappa shape index (κ1) is 19.1. The van der Waals surface area contributed by atoms with Crippen LogP contribution < -0.4 is 4.90 Å². The molecule has 0 bridgehead atoms. The zero-order chi connectivity index (χ0) is 20.5. The summed E-state index contributed by atoms with van der Waals surface area (Å²) in [5, 5.41) is 10.8. The van der Waals surface area contributed by atoms with E-state index in [1.54, 1.807) is 12.3 Å². The Morgan fingerprint density at radius 1 is 1.34 bits per heavy atom. The summed E-state index contributed by atoms with van der Waals surface area (Å²) in [6.45, 7) is 5.14. The molecule has 0 radical (unpaired) electrons. The highest BCUT2D eigenvalue weighted by molar-refractivity contribution is 5.92. The minimum atomic E-state index is -0.0343. The van der Waals surface area contributed by atoms with Crippen molar-refractivity contribution in [2.24, 2.45) is 0 Å². The van der Waals surface area contributed by atoms with Gasteiger partial charge in [-0.3, -0.25) is 9.89 Å². The first-order chi connectivity index (χ1) is 14.0. The van der Waals surface area contributed by atoms with Crippen LogP contribution in [-0.4, -0.2) is 63.3 Å². The van der Waals surface area contributed by atoms with Gasteiger partial charge in [-0.2, -0.15) is 5.10 Å². The maximum Gasteiger partial charge on any atom is 0.271 e. The first-order valence-corrected chi connectivity index (χ1v) is 9.72. The molecule has 1 aliphatic rings. The molecule has 0 aromatic carbocycles. The summed E-state index contributed by atoms with van der Waals surface area (Å²) in [5.74, 6) is 1.45. The van der Waals surface area contributed by atoms with Crippen LogP contribution in [0.3, 0.4) is 0 Å². The van der Waals surface area contributed by atoms with Crippen molar-refractivity contribution in [2.45, 2.75) is 32.6 Å². The lowest BCUT2D eigenvalue weighted by molar-refractivity contribution is 0.0700. The third-order valence-electron chi connectivity index (χ3n) is 5.33. The van der Waals surface area contributed by atoms with Gasteiger partial charge in [0.15, 0.2) is 0 Å². The number of likely N-dealkylation sites (tertiary alicyclic amines) is 1. The van der Waals surface area contributed by atoms with Gasteiger partial charge in [0.2, 0.25) is 5.95 Å². The monoisotopic (exact) mass is 395 g/mol. The number of aryl methyl sites for hydroxylation is 2. The van der Waals surface area contributed by atoms with Gasteiger partial charge >= 0.3 is 0 Å². The average molecular weight is 395 g/mol. The number of amides is 1. The predicted octanol–water partition coefficient (Wildman–Crippen LogP) is 2.56. The van der Waals surface area contributed by atoms with Crippen molar-refractivity contribution in [3.63, 3.8) is 0 Å². The summed E-state index contributed by atoms with van der Waals surface area (Å²) in [5.41, 5.74) is 4.11. The fourth-order valence-electron chi connectivity index (χ4n) is 3.90. The molecular formula is C20H25N7O2. The first-order valence-electron chi connectivity index (χ1n) is 9.72. The van der Waals surface area contributed by atoms with E-state index in [9.17, 15) is 4.79 Å². The Bertz CT molecular complexity index is 991. The van der Waals surface area contributed by atoms with Gasteiger partial charge in [0, 0.05) is 51.1 Å². The zero-order valence-corrected chi connectivity index (χ0v) is 17.1. The van der Waals surface area contributed by atoms with Crippen molar-refractivity contribution in [3.05, 3.63) is 41.3 Å². The summed E-state index contributed by atoms with van der Waals surface area (Å²) < 4.78 is 5.39. The van der Waals surface area contributed by atoms with Crippen LogP contribution in [0.25, 0.3) is 11.1 Å². The molecule has 0 spiro atoms. The number of carbonyl (C=O) groups excluding carboxylic acids is 1. The highest BCUT2D eigenvalue weighted by atomic mass is 16.5. The minimum absolute atomic E-state index is 0.0343. The number of nitrogens with zero attached hydrogens (tertiary/aromatic N) is 6. The SMILES string of the molecule is Cc1noc(C)c1-c1cnc(N(C)C)nc1C1CCCN(C(=O)c2ccn[nH]2)C1. The highest BCUT2D eigenvalue weighted by Crippen LogP contribution is 2.36. The molecule has 4 heterocycles. The Balaban J connectivity index is 1.72. The van der Waals surface area contributed by atoms with E-state index in [4.69, 9.17) is 9.51 Å². The topological polar surface area (TPSA) is 104 Å². The summed E-state index contributed by atoms with van der Waals surface area (Å²) in [6.07, 6.45) is 5.30.